The molecule has 1 aliphatic heterocycles. The predicted molar refractivity (Wildman–Crippen MR) is 116 cm³/mol. The summed E-state index contributed by atoms with van der Waals surface area (Å²) < 4.78 is 1.69. The molecule has 3 aromatic carbocycles. The topological polar surface area (TPSA) is 98.3 Å². The van der Waals surface area contributed by atoms with Crippen molar-refractivity contribution in [3.63, 3.8) is 0 Å². The normalized spacial score (nSPS) is 12.8. The Kier molecular flexibility index (Phi) is 4.59. The standard InChI is InChI=1S/C24H16N4O4/c29-23-19-12-7-13-20(28(31)32)21(19)24(30)26(23)14-17-15-27(18-10-5-2-6-11-18)25-22(17)16-8-3-1-4-9-16/h1-13,15H,14H2. The van der Waals surface area contributed by atoms with E-state index in [4.69, 9.17) is 5.10 Å². The van der Waals surface area contributed by atoms with Gasteiger partial charge in [0.15, 0.2) is 0 Å². The lowest BCUT2D eigenvalue weighted by atomic mass is 10.1. The van der Waals surface area contributed by atoms with Crippen molar-refractivity contribution in [2.24, 2.45) is 0 Å². The predicted octanol–water partition coefficient (Wildman–Crippen LogP) is 4.24. The molecule has 0 saturated heterocycles. The van der Waals surface area contributed by atoms with Crippen LogP contribution in [-0.2, 0) is 6.54 Å². The van der Waals surface area contributed by atoms with Gasteiger partial charge in [-0.3, -0.25) is 24.6 Å². The van der Waals surface area contributed by atoms with Crippen molar-refractivity contribution in [2.75, 3.05) is 0 Å². The van der Waals surface area contributed by atoms with Gasteiger partial charge in [-0.25, -0.2) is 4.68 Å². The highest BCUT2D eigenvalue weighted by molar-refractivity contribution is 6.23. The molecule has 1 aromatic heterocycles. The van der Waals surface area contributed by atoms with E-state index >= 15 is 0 Å². The zero-order chi connectivity index (χ0) is 22.2. The quantitative estimate of drug-likeness (QED) is 0.271. The zero-order valence-electron chi connectivity index (χ0n) is 16.7. The third-order valence-corrected chi connectivity index (χ3v) is 5.36. The smallest absolute Gasteiger partial charge is 0.269 e. The second-order valence-corrected chi connectivity index (χ2v) is 7.30. The highest BCUT2D eigenvalue weighted by atomic mass is 16.6. The maximum absolute atomic E-state index is 13.0. The maximum Gasteiger partial charge on any atom is 0.282 e. The number of hydrogen-bond acceptors (Lipinski definition) is 5. The summed E-state index contributed by atoms with van der Waals surface area (Å²) in [5, 5.41) is 16.1. The molecule has 0 unspecified atom stereocenters. The lowest BCUT2D eigenvalue weighted by Crippen LogP contribution is -2.29. The minimum atomic E-state index is -0.677. The number of aromatic nitrogens is 2. The van der Waals surface area contributed by atoms with Crippen LogP contribution < -0.4 is 0 Å². The SMILES string of the molecule is O=C1c2cccc([N+](=O)[O-])c2C(=O)N1Cc1cn(-c2ccccc2)nc1-c1ccccc1. The molecule has 8 nitrogen and oxygen atoms in total. The monoisotopic (exact) mass is 424 g/mol. The van der Waals surface area contributed by atoms with Gasteiger partial charge in [0.25, 0.3) is 17.5 Å². The van der Waals surface area contributed by atoms with Crippen LogP contribution >= 0.6 is 0 Å². The van der Waals surface area contributed by atoms with Crippen LogP contribution in [0.2, 0.25) is 0 Å². The van der Waals surface area contributed by atoms with E-state index in [1.54, 1.807) is 10.9 Å². The summed E-state index contributed by atoms with van der Waals surface area (Å²) in [6, 6.07) is 23.0. The van der Waals surface area contributed by atoms with Gasteiger partial charge in [0.1, 0.15) is 5.56 Å². The van der Waals surface area contributed by atoms with Gasteiger partial charge in [-0.2, -0.15) is 5.10 Å². The molecule has 32 heavy (non-hydrogen) atoms. The van der Waals surface area contributed by atoms with E-state index in [2.05, 4.69) is 0 Å². The Hall–Kier alpha value is -4.59. The van der Waals surface area contributed by atoms with Crippen LogP contribution in [0.25, 0.3) is 16.9 Å². The fourth-order valence-electron chi connectivity index (χ4n) is 3.86. The molecule has 0 bridgehead atoms. The zero-order valence-corrected chi connectivity index (χ0v) is 16.7. The number of carbonyl (C=O) groups excluding carboxylic acids is 2. The van der Waals surface area contributed by atoms with Crippen molar-refractivity contribution >= 4 is 17.5 Å². The van der Waals surface area contributed by atoms with E-state index in [1.807, 2.05) is 60.7 Å². The minimum Gasteiger partial charge on any atom is -0.269 e. The number of hydrogen-bond donors (Lipinski definition) is 0. The largest absolute Gasteiger partial charge is 0.282 e. The molecule has 0 atom stereocenters. The van der Waals surface area contributed by atoms with Crippen LogP contribution in [0, 0.1) is 10.1 Å². The van der Waals surface area contributed by atoms with Gasteiger partial charge in [0.05, 0.1) is 28.4 Å². The summed E-state index contributed by atoms with van der Waals surface area (Å²) in [4.78, 5) is 37.8. The van der Waals surface area contributed by atoms with Crippen LogP contribution in [0.5, 0.6) is 0 Å². The molecule has 0 saturated carbocycles. The fourth-order valence-corrected chi connectivity index (χ4v) is 3.86. The first-order chi connectivity index (χ1) is 15.5. The van der Waals surface area contributed by atoms with Gasteiger partial charge < -0.3 is 0 Å². The van der Waals surface area contributed by atoms with Gasteiger partial charge in [-0.1, -0.05) is 54.6 Å². The second kappa shape index (κ2) is 7.59. The van der Waals surface area contributed by atoms with Crippen LogP contribution in [0.15, 0.2) is 85.1 Å². The first-order valence-corrected chi connectivity index (χ1v) is 9.87. The summed E-state index contributed by atoms with van der Waals surface area (Å²) >= 11 is 0. The third-order valence-electron chi connectivity index (χ3n) is 5.36. The number of rotatable bonds is 5. The molecule has 2 amide bonds. The second-order valence-electron chi connectivity index (χ2n) is 7.30. The van der Waals surface area contributed by atoms with Gasteiger partial charge in [-0.15, -0.1) is 0 Å². The first kappa shape index (κ1) is 19.4. The van der Waals surface area contributed by atoms with E-state index < -0.39 is 16.7 Å². The molecule has 8 heteroatoms. The lowest BCUT2D eigenvalue weighted by Gasteiger charge is -2.13. The van der Waals surface area contributed by atoms with E-state index in [0.29, 0.717) is 11.3 Å². The summed E-state index contributed by atoms with van der Waals surface area (Å²) in [6.07, 6.45) is 1.77. The summed E-state index contributed by atoms with van der Waals surface area (Å²) in [5.74, 6) is -1.23. The van der Waals surface area contributed by atoms with Crippen molar-refractivity contribution < 1.29 is 14.5 Å². The summed E-state index contributed by atoms with van der Waals surface area (Å²) in [7, 11) is 0. The third kappa shape index (κ3) is 3.14. The molecule has 156 valence electrons. The number of nitro benzene ring substituents is 1. The number of nitro groups is 1. The van der Waals surface area contributed by atoms with Gasteiger partial charge >= 0.3 is 0 Å². The van der Waals surface area contributed by atoms with Crippen LogP contribution in [0.4, 0.5) is 5.69 Å². The lowest BCUT2D eigenvalue weighted by molar-refractivity contribution is -0.385. The molecule has 0 fully saturated rings. The maximum atomic E-state index is 13.0. The molecular weight excluding hydrogens is 408 g/mol. The van der Waals surface area contributed by atoms with Crippen molar-refractivity contribution in [3.8, 4) is 16.9 Å². The number of carbonyl (C=O) groups is 2. The van der Waals surface area contributed by atoms with Crippen LogP contribution in [-0.4, -0.2) is 31.4 Å². The molecule has 5 rings (SSSR count). The Bertz CT molecular complexity index is 1360. The number of benzene rings is 3. The van der Waals surface area contributed by atoms with Crippen molar-refractivity contribution in [3.05, 3.63) is 112 Å². The van der Waals surface area contributed by atoms with E-state index in [9.17, 15) is 19.7 Å². The summed E-state index contributed by atoms with van der Waals surface area (Å²) in [5.41, 5.74) is 2.44. The minimum absolute atomic E-state index is 0.0425. The molecule has 0 spiro atoms. The molecular formula is C24H16N4O4. The van der Waals surface area contributed by atoms with Crippen molar-refractivity contribution in [2.45, 2.75) is 6.54 Å². The molecule has 4 aromatic rings. The average Bonchev–Trinajstić information content (AvgIpc) is 3.35. The molecule has 2 heterocycles. The summed E-state index contributed by atoms with van der Waals surface area (Å²) in [6.45, 7) is -0.0550. The Morgan fingerprint density at radius 1 is 0.844 bits per heavy atom. The fraction of sp³-hybridized carbons (Fsp3) is 0.0417. The van der Waals surface area contributed by atoms with E-state index in [0.717, 1.165) is 16.2 Å². The average molecular weight is 424 g/mol. The Labute approximate surface area is 182 Å². The highest BCUT2D eigenvalue weighted by Crippen LogP contribution is 2.33. The Morgan fingerprint density at radius 3 is 2.22 bits per heavy atom. The number of para-hydroxylation sites is 1. The molecule has 1 aliphatic rings. The first-order valence-electron chi connectivity index (χ1n) is 9.87. The number of imide groups is 1. The van der Waals surface area contributed by atoms with Gasteiger partial charge in [0.2, 0.25) is 0 Å². The van der Waals surface area contributed by atoms with Gasteiger partial charge in [0, 0.05) is 23.4 Å². The molecule has 0 N–H and O–H groups in total. The van der Waals surface area contributed by atoms with Crippen molar-refractivity contribution in [1.82, 2.24) is 14.7 Å². The highest BCUT2D eigenvalue weighted by Gasteiger charge is 2.41. The Morgan fingerprint density at radius 2 is 1.53 bits per heavy atom. The van der Waals surface area contributed by atoms with Crippen molar-refractivity contribution in [1.29, 1.82) is 0 Å². The Balaban J connectivity index is 1.58. The van der Waals surface area contributed by atoms with E-state index in [-0.39, 0.29) is 23.4 Å². The number of fused-ring (bicyclic) bond motifs is 1. The van der Waals surface area contributed by atoms with Crippen LogP contribution in [0.3, 0.4) is 0 Å². The number of nitrogens with zero attached hydrogens (tertiary/aromatic N) is 4. The van der Waals surface area contributed by atoms with Crippen LogP contribution in [0.1, 0.15) is 26.3 Å². The van der Waals surface area contributed by atoms with Gasteiger partial charge in [-0.05, 0) is 18.2 Å². The number of amides is 2. The molecule has 0 aliphatic carbocycles. The van der Waals surface area contributed by atoms with E-state index in [1.165, 1.54) is 18.2 Å². The molecule has 0 radical (unpaired) electrons.